The summed E-state index contributed by atoms with van der Waals surface area (Å²) in [6.07, 6.45) is 1.64. The molecule has 3 aromatic rings. The predicted molar refractivity (Wildman–Crippen MR) is 92.6 cm³/mol. The third-order valence-corrected chi connectivity index (χ3v) is 3.62. The predicted octanol–water partition coefficient (Wildman–Crippen LogP) is 3.63. The first kappa shape index (κ1) is 15.1. The summed E-state index contributed by atoms with van der Waals surface area (Å²) in [4.78, 5) is 19.6. The fraction of sp³-hybridized carbons (Fsp3) is 0.222. The van der Waals surface area contributed by atoms with Crippen LogP contribution in [0.2, 0.25) is 0 Å². The lowest BCUT2D eigenvalue weighted by molar-refractivity contribution is 0.252. The van der Waals surface area contributed by atoms with E-state index in [0.717, 1.165) is 35.4 Å². The Hall–Kier alpha value is -2.82. The van der Waals surface area contributed by atoms with Crippen LogP contribution >= 0.6 is 0 Å². The number of para-hydroxylation sites is 2. The average Bonchev–Trinajstić information content (AvgIpc) is 2.96. The van der Waals surface area contributed by atoms with Crippen molar-refractivity contribution in [2.24, 2.45) is 0 Å². The lowest BCUT2D eigenvalue weighted by atomic mass is 10.2. The molecule has 0 bridgehead atoms. The van der Waals surface area contributed by atoms with E-state index in [2.05, 4.69) is 20.6 Å². The van der Waals surface area contributed by atoms with Gasteiger partial charge in [-0.3, -0.25) is 0 Å². The molecule has 0 radical (unpaired) electrons. The van der Waals surface area contributed by atoms with Gasteiger partial charge < -0.3 is 15.6 Å². The summed E-state index contributed by atoms with van der Waals surface area (Å²) in [6.45, 7) is 2.62. The van der Waals surface area contributed by atoms with E-state index in [1.54, 1.807) is 0 Å². The van der Waals surface area contributed by atoms with Crippen LogP contribution in [-0.2, 0) is 6.42 Å². The summed E-state index contributed by atoms with van der Waals surface area (Å²) in [5, 5.41) is 5.67. The van der Waals surface area contributed by atoms with Crippen molar-refractivity contribution in [3.05, 3.63) is 59.9 Å². The highest BCUT2D eigenvalue weighted by Crippen LogP contribution is 2.11. The highest BCUT2D eigenvalue weighted by molar-refractivity contribution is 5.89. The molecule has 0 aliphatic heterocycles. The van der Waals surface area contributed by atoms with E-state index in [9.17, 15) is 4.79 Å². The number of nitrogens with zero attached hydrogens (tertiary/aromatic N) is 1. The van der Waals surface area contributed by atoms with E-state index in [0.29, 0.717) is 6.54 Å². The quantitative estimate of drug-likeness (QED) is 0.630. The number of carbonyl (C=O) groups excluding carboxylic acids is 1. The summed E-state index contributed by atoms with van der Waals surface area (Å²) >= 11 is 0. The number of benzene rings is 2. The van der Waals surface area contributed by atoms with Gasteiger partial charge in [-0.25, -0.2) is 9.78 Å². The van der Waals surface area contributed by atoms with Gasteiger partial charge in [0.25, 0.3) is 0 Å². The van der Waals surface area contributed by atoms with Crippen molar-refractivity contribution < 1.29 is 4.79 Å². The second-order valence-electron chi connectivity index (χ2n) is 5.55. The van der Waals surface area contributed by atoms with Gasteiger partial charge in [-0.1, -0.05) is 29.8 Å². The van der Waals surface area contributed by atoms with Crippen LogP contribution in [0.25, 0.3) is 11.0 Å². The monoisotopic (exact) mass is 308 g/mol. The van der Waals surface area contributed by atoms with Gasteiger partial charge in [0.1, 0.15) is 5.82 Å². The van der Waals surface area contributed by atoms with Crippen molar-refractivity contribution in [1.82, 2.24) is 15.3 Å². The van der Waals surface area contributed by atoms with Crippen LogP contribution in [0.1, 0.15) is 17.8 Å². The van der Waals surface area contributed by atoms with E-state index in [1.165, 1.54) is 5.56 Å². The molecule has 0 saturated carbocycles. The van der Waals surface area contributed by atoms with E-state index in [1.807, 2.05) is 55.5 Å². The van der Waals surface area contributed by atoms with Crippen molar-refractivity contribution in [1.29, 1.82) is 0 Å². The first-order chi connectivity index (χ1) is 11.2. The highest BCUT2D eigenvalue weighted by Gasteiger charge is 2.03. The molecule has 0 aliphatic rings. The smallest absolute Gasteiger partial charge is 0.319 e. The SMILES string of the molecule is Cc1ccc(NC(=O)NCCCc2nc3ccccc3[nH]2)cc1. The largest absolute Gasteiger partial charge is 0.342 e. The Balaban J connectivity index is 1.42. The fourth-order valence-corrected chi connectivity index (χ4v) is 2.39. The van der Waals surface area contributed by atoms with Crippen molar-refractivity contribution in [3.63, 3.8) is 0 Å². The molecule has 0 saturated heterocycles. The van der Waals surface area contributed by atoms with Crippen molar-refractivity contribution in [2.75, 3.05) is 11.9 Å². The van der Waals surface area contributed by atoms with E-state index >= 15 is 0 Å². The normalized spacial score (nSPS) is 10.7. The Bertz CT molecular complexity index is 759. The maximum Gasteiger partial charge on any atom is 0.319 e. The van der Waals surface area contributed by atoms with Crippen LogP contribution in [0.4, 0.5) is 10.5 Å². The molecule has 0 unspecified atom stereocenters. The third kappa shape index (κ3) is 4.10. The Morgan fingerprint density at radius 1 is 1.13 bits per heavy atom. The van der Waals surface area contributed by atoms with E-state index in [4.69, 9.17) is 0 Å². The lowest BCUT2D eigenvalue weighted by Crippen LogP contribution is -2.29. The number of hydrogen-bond donors (Lipinski definition) is 3. The maximum atomic E-state index is 11.8. The number of hydrogen-bond acceptors (Lipinski definition) is 2. The molecule has 0 atom stereocenters. The summed E-state index contributed by atoms with van der Waals surface area (Å²) in [5.41, 5.74) is 3.99. The Kier molecular flexibility index (Phi) is 4.57. The van der Waals surface area contributed by atoms with Crippen LogP contribution < -0.4 is 10.6 Å². The van der Waals surface area contributed by atoms with Gasteiger partial charge >= 0.3 is 6.03 Å². The van der Waals surface area contributed by atoms with Crippen LogP contribution in [0.3, 0.4) is 0 Å². The highest BCUT2D eigenvalue weighted by atomic mass is 16.2. The van der Waals surface area contributed by atoms with Gasteiger partial charge in [-0.05, 0) is 37.6 Å². The summed E-state index contributed by atoms with van der Waals surface area (Å²) in [7, 11) is 0. The minimum atomic E-state index is -0.182. The van der Waals surface area contributed by atoms with Gasteiger partial charge in [0, 0.05) is 18.7 Å². The Labute approximate surface area is 135 Å². The average molecular weight is 308 g/mol. The number of aromatic amines is 1. The molecule has 2 amide bonds. The number of amides is 2. The molecule has 5 nitrogen and oxygen atoms in total. The van der Waals surface area contributed by atoms with Gasteiger partial charge in [0.15, 0.2) is 0 Å². The Morgan fingerprint density at radius 3 is 2.70 bits per heavy atom. The minimum absolute atomic E-state index is 0.182. The zero-order valence-electron chi connectivity index (χ0n) is 13.1. The lowest BCUT2D eigenvalue weighted by Gasteiger charge is -2.07. The molecule has 2 aromatic carbocycles. The zero-order valence-corrected chi connectivity index (χ0v) is 13.1. The molecule has 3 rings (SSSR count). The first-order valence-corrected chi connectivity index (χ1v) is 7.76. The molecule has 3 N–H and O–H groups in total. The standard InChI is InChI=1S/C18H20N4O/c1-13-8-10-14(11-9-13)20-18(23)19-12-4-7-17-21-15-5-2-3-6-16(15)22-17/h2-3,5-6,8-11H,4,7,12H2,1H3,(H,21,22)(H2,19,20,23). The molecule has 1 heterocycles. The van der Waals surface area contributed by atoms with E-state index < -0.39 is 0 Å². The van der Waals surface area contributed by atoms with Crippen LogP contribution in [0, 0.1) is 6.92 Å². The topological polar surface area (TPSA) is 69.8 Å². The van der Waals surface area contributed by atoms with Crippen molar-refractivity contribution in [3.8, 4) is 0 Å². The number of urea groups is 1. The van der Waals surface area contributed by atoms with Crippen LogP contribution in [-0.4, -0.2) is 22.5 Å². The van der Waals surface area contributed by atoms with Crippen LogP contribution in [0.5, 0.6) is 0 Å². The fourth-order valence-electron chi connectivity index (χ4n) is 2.39. The minimum Gasteiger partial charge on any atom is -0.342 e. The molecule has 0 fully saturated rings. The number of fused-ring (bicyclic) bond motifs is 1. The summed E-state index contributed by atoms with van der Waals surface area (Å²) in [5.74, 6) is 0.951. The van der Waals surface area contributed by atoms with Crippen molar-refractivity contribution in [2.45, 2.75) is 19.8 Å². The molecular weight excluding hydrogens is 288 g/mol. The summed E-state index contributed by atoms with van der Waals surface area (Å²) < 4.78 is 0. The van der Waals surface area contributed by atoms with Crippen molar-refractivity contribution >= 4 is 22.8 Å². The molecule has 0 aliphatic carbocycles. The third-order valence-electron chi connectivity index (χ3n) is 3.62. The molecule has 118 valence electrons. The second kappa shape index (κ2) is 6.96. The van der Waals surface area contributed by atoms with Gasteiger partial charge in [-0.15, -0.1) is 0 Å². The Morgan fingerprint density at radius 2 is 1.91 bits per heavy atom. The number of rotatable bonds is 5. The molecule has 1 aromatic heterocycles. The number of imidazole rings is 1. The molecule has 0 spiro atoms. The molecule has 5 heteroatoms. The van der Waals surface area contributed by atoms with Gasteiger partial charge in [0.05, 0.1) is 11.0 Å². The van der Waals surface area contributed by atoms with E-state index in [-0.39, 0.29) is 6.03 Å². The zero-order chi connectivity index (χ0) is 16.1. The van der Waals surface area contributed by atoms with Gasteiger partial charge in [0.2, 0.25) is 0 Å². The molecular formula is C18H20N4O. The number of anilines is 1. The maximum absolute atomic E-state index is 11.8. The second-order valence-corrected chi connectivity index (χ2v) is 5.55. The van der Waals surface area contributed by atoms with Crippen LogP contribution in [0.15, 0.2) is 48.5 Å². The van der Waals surface area contributed by atoms with Gasteiger partial charge in [-0.2, -0.15) is 0 Å². The summed E-state index contributed by atoms with van der Waals surface area (Å²) in [6, 6.07) is 15.5. The number of nitrogens with one attached hydrogen (secondary N) is 3. The molecule has 23 heavy (non-hydrogen) atoms. The number of aromatic nitrogens is 2. The number of H-pyrrole nitrogens is 1. The number of aryl methyl sites for hydroxylation is 2. The first-order valence-electron chi connectivity index (χ1n) is 7.76. The number of carbonyl (C=O) groups is 1.